The standard InChI is InChI=1S/C46H88O6/c1-5-7-9-11-13-15-21-25-29-33-37-44(47)50-40-43(52-46(49)39-35-31-27-22-16-14-12-10-8-6-2)41-51-45(48)38-34-30-26-23-19-17-18-20-24-28-32-36-42(3)4/h42-43H,5-41H2,1-4H3/t43-/m1/s1. The summed E-state index contributed by atoms with van der Waals surface area (Å²) in [5.41, 5.74) is 0. The van der Waals surface area contributed by atoms with Gasteiger partial charge >= 0.3 is 17.9 Å². The van der Waals surface area contributed by atoms with Gasteiger partial charge in [0.2, 0.25) is 0 Å². The van der Waals surface area contributed by atoms with Crippen LogP contribution in [0.25, 0.3) is 0 Å². The molecule has 0 saturated carbocycles. The molecule has 308 valence electrons. The van der Waals surface area contributed by atoms with Crippen LogP contribution in [0.4, 0.5) is 0 Å². The number of hydrogen-bond acceptors (Lipinski definition) is 6. The van der Waals surface area contributed by atoms with Gasteiger partial charge in [-0.3, -0.25) is 14.4 Å². The van der Waals surface area contributed by atoms with E-state index in [-0.39, 0.29) is 31.1 Å². The van der Waals surface area contributed by atoms with Crippen molar-refractivity contribution in [2.24, 2.45) is 5.92 Å². The van der Waals surface area contributed by atoms with Crippen LogP contribution in [-0.4, -0.2) is 37.2 Å². The second-order valence-electron chi connectivity index (χ2n) is 16.2. The van der Waals surface area contributed by atoms with Crippen LogP contribution in [0.5, 0.6) is 0 Å². The van der Waals surface area contributed by atoms with Crippen LogP contribution >= 0.6 is 0 Å². The Hall–Kier alpha value is -1.59. The summed E-state index contributed by atoms with van der Waals surface area (Å²) < 4.78 is 16.7. The highest BCUT2D eigenvalue weighted by molar-refractivity contribution is 5.71. The Morgan fingerprint density at radius 3 is 0.942 bits per heavy atom. The lowest BCUT2D eigenvalue weighted by Gasteiger charge is -2.18. The summed E-state index contributed by atoms with van der Waals surface area (Å²) in [5, 5.41) is 0. The fourth-order valence-electron chi connectivity index (χ4n) is 6.80. The van der Waals surface area contributed by atoms with Gasteiger partial charge in [0.15, 0.2) is 6.10 Å². The number of carbonyl (C=O) groups is 3. The SMILES string of the molecule is CCCCCCCCCCCCC(=O)OC[C@H](COC(=O)CCCCCCCCCCCCCC(C)C)OC(=O)CCCCCCCCCCCC. The van der Waals surface area contributed by atoms with Crippen molar-refractivity contribution in [2.75, 3.05) is 13.2 Å². The molecule has 6 nitrogen and oxygen atoms in total. The second-order valence-corrected chi connectivity index (χ2v) is 16.2. The van der Waals surface area contributed by atoms with Gasteiger partial charge in [-0.2, -0.15) is 0 Å². The molecular weight excluding hydrogens is 648 g/mol. The summed E-state index contributed by atoms with van der Waals surface area (Å²) in [6.45, 7) is 8.97. The molecule has 1 atom stereocenters. The summed E-state index contributed by atoms with van der Waals surface area (Å²) in [6, 6.07) is 0. The number of hydrogen-bond donors (Lipinski definition) is 0. The van der Waals surface area contributed by atoms with E-state index in [0.29, 0.717) is 19.3 Å². The predicted molar refractivity (Wildman–Crippen MR) is 220 cm³/mol. The van der Waals surface area contributed by atoms with E-state index in [1.54, 1.807) is 0 Å². The minimum absolute atomic E-state index is 0.0639. The van der Waals surface area contributed by atoms with Crippen LogP contribution in [-0.2, 0) is 28.6 Å². The first-order valence-electron chi connectivity index (χ1n) is 22.9. The molecule has 0 amide bonds. The maximum atomic E-state index is 12.7. The van der Waals surface area contributed by atoms with E-state index in [0.717, 1.165) is 63.7 Å². The Kier molecular flexibility index (Phi) is 39.4. The second kappa shape index (κ2) is 40.6. The Bertz CT molecular complexity index is 781. The number of ether oxygens (including phenoxy) is 3. The summed E-state index contributed by atoms with van der Waals surface area (Å²) in [7, 11) is 0. The lowest BCUT2D eigenvalue weighted by Crippen LogP contribution is -2.30. The van der Waals surface area contributed by atoms with E-state index in [4.69, 9.17) is 14.2 Å². The number of rotatable bonds is 41. The smallest absolute Gasteiger partial charge is 0.306 e. The van der Waals surface area contributed by atoms with Crippen molar-refractivity contribution in [1.29, 1.82) is 0 Å². The molecule has 52 heavy (non-hydrogen) atoms. The molecule has 0 radical (unpaired) electrons. The van der Waals surface area contributed by atoms with Crippen LogP contribution < -0.4 is 0 Å². The molecule has 0 aromatic heterocycles. The van der Waals surface area contributed by atoms with Gasteiger partial charge in [-0.15, -0.1) is 0 Å². The van der Waals surface area contributed by atoms with Gasteiger partial charge in [-0.25, -0.2) is 0 Å². The maximum absolute atomic E-state index is 12.7. The third-order valence-corrected chi connectivity index (χ3v) is 10.3. The summed E-state index contributed by atoms with van der Waals surface area (Å²) >= 11 is 0. The van der Waals surface area contributed by atoms with Gasteiger partial charge in [-0.1, -0.05) is 214 Å². The van der Waals surface area contributed by atoms with Crippen molar-refractivity contribution >= 4 is 17.9 Å². The predicted octanol–water partition coefficient (Wildman–Crippen LogP) is 14.3. The molecule has 0 unspecified atom stereocenters. The molecule has 0 saturated heterocycles. The third-order valence-electron chi connectivity index (χ3n) is 10.3. The zero-order valence-corrected chi connectivity index (χ0v) is 35.3. The lowest BCUT2D eigenvalue weighted by molar-refractivity contribution is -0.167. The van der Waals surface area contributed by atoms with Crippen molar-refractivity contribution in [3.63, 3.8) is 0 Å². The van der Waals surface area contributed by atoms with Gasteiger partial charge in [0.25, 0.3) is 0 Å². The van der Waals surface area contributed by atoms with Crippen molar-refractivity contribution in [3.8, 4) is 0 Å². The van der Waals surface area contributed by atoms with Crippen LogP contribution in [0.3, 0.4) is 0 Å². The fourth-order valence-corrected chi connectivity index (χ4v) is 6.80. The topological polar surface area (TPSA) is 78.9 Å². The van der Waals surface area contributed by atoms with Crippen molar-refractivity contribution < 1.29 is 28.6 Å². The zero-order chi connectivity index (χ0) is 38.2. The van der Waals surface area contributed by atoms with E-state index in [1.165, 1.54) is 148 Å². The quantitative estimate of drug-likeness (QED) is 0.0353. The Morgan fingerprint density at radius 1 is 0.365 bits per heavy atom. The number of carbonyl (C=O) groups excluding carboxylic acids is 3. The molecule has 0 N–H and O–H groups in total. The summed E-state index contributed by atoms with van der Waals surface area (Å²) in [4.78, 5) is 37.6. The highest BCUT2D eigenvalue weighted by atomic mass is 16.6. The lowest BCUT2D eigenvalue weighted by atomic mass is 10.0. The Balaban J connectivity index is 4.30. The first-order valence-corrected chi connectivity index (χ1v) is 22.9. The van der Waals surface area contributed by atoms with E-state index in [2.05, 4.69) is 27.7 Å². The highest BCUT2D eigenvalue weighted by Crippen LogP contribution is 2.16. The molecule has 0 rings (SSSR count). The average molecular weight is 737 g/mol. The molecule has 0 aliphatic heterocycles. The first-order chi connectivity index (χ1) is 25.4. The van der Waals surface area contributed by atoms with Crippen molar-refractivity contribution in [2.45, 2.75) is 259 Å². The third kappa shape index (κ3) is 39.6. The molecular formula is C46H88O6. The molecule has 0 spiro atoms. The maximum Gasteiger partial charge on any atom is 0.306 e. The highest BCUT2D eigenvalue weighted by Gasteiger charge is 2.19. The van der Waals surface area contributed by atoms with E-state index >= 15 is 0 Å². The number of esters is 3. The van der Waals surface area contributed by atoms with Gasteiger partial charge in [0.05, 0.1) is 0 Å². The Labute approximate surface area is 323 Å². The monoisotopic (exact) mass is 737 g/mol. The summed E-state index contributed by atoms with van der Waals surface area (Å²) in [6.07, 6.45) is 39.4. The van der Waals surface area contributed by atoms with Crippen molar-refractivity contribution in [3.05, 3.63) is 0 Å². The molecule has 0 heterocycles. The molecule has 0 aromatic carbocycles. The van der Waals surface area contributed by atoms with E-state index < -0.39 is 6.10 Å². The van der Waals surface area contributed by atoms with Gasteiger partial charge < -0.3 is 14.2 Å². The largest absolute Gasteiger partial charge is 0.462 e. The van der Waals surface area contributed by atoms with Crippen LogP contribution in [0.1, 0.15) is 252 Å². The zero-order valence-electron chi connectivity index (χ0n) is 35.3. The normalized spacial score (nSPS) is 11.9. The molecule has 0 aliphatic rings. The number of unbranched alkanes of at least 4 members (excludes halogenated alkanes) is 28. The van der Waals surface area contributed by atoms with Gasteiger partial charge in [0, 0.05) is 19.3 Å². The van der Waals surface area contributed by atoms with Crippen LogP contribution in [0, 0.1) is 5.92 Å². The minimum Gasteiger partial charge on any atom is -0.462 e. The summed E-state index contributed by atoms with van der Waals surface area (Å²) in [5.74, 6) is -0.0293. The molecule has 0 bridgehead atoms. The van der Waals surface area contributed by atoms with Gasteiger partial charge in [0.1, 0.15) is 13.2 Å². The van der Waals surface area contributed by atoms with Gasteiger partial charge in [-0.05, 0) is 25.2 Å². The van der Waals surface area contributed by atoms with Crippen molar-refractivity contribution in [1.82, 2.24) is 0 Å². The van der Waals surface area contributed by atoms with Crippen LogP contribution in [0.15, 0.2) is 0 Å². The minimum atomic E-state index is -0.758. The molecule has 0 fully saturated rings. The van der Waals surface area contributed by atoms with E-state index in [1.807, 2.05) is 0 Å². The van der Waals surface area contributed by atoms with E-state index in [9.17, 15) is 14.4 Å². The molecule has 6 heteroatoms. The first kappa shape index (κ1) is 50.4. The van der Waals surface area contributed by atoms with Crippen LogP contribution in [0.2, 0.25) is 0 Å². The Morgan fingerprint density at radius 2 is 0.635 bits per heavy atom. The molecule has 0 aliphatic carbocycles. The molecule has 0 aromatic rings. The fraction of sp³-hybridized carbons (Fsp3) is 0.935. The average Bonchev–Trinajstić information content (AvgIpc) is 3.12.